The highest BCUT2D eigenvalue weighted by molar-refractivity contribution is 14.0. The normalized spacial score (nSPS) is 19.0. The highest BCUT2D eigenvalue weighted by Crippen LogP contribution is 2.19. The van der Waals surface area contributed by atoms with Crippen LogP contribution in [0.2, 0.25) is 0 Å². The summed E-state index contributed by atoms with van der Waals surface area (Å²) in [6.45, 7) is 0.560. The third kappa shape index (κ3) is 7.56. The number of nitrogens with zero attached hydrogens (tertiary/aromatic N) is 2. The second kappa shape index (κ2) is 9.81. The van der Waals surface area contributed by atoms with Gasteiger partial charge in [-0.15, -0.1) is 24.0 Å². The molecule has 1 aliphatic rings. The fraction of sp³-hybridized carbons (Fsp3) is 0.533. The smallest absolute Gasteiger partial charge is 0.352 e. The van der Waals surface area contributed by atoms with Crippen molar-refractivity contribution in [2.45, 2.75) is 25.2 Å². The van der Waals surface area contributed by atoms with Crippen molar-refractivity contribution in [1.82, 2.24) is 15.5 Å². The lowest BCUT2D eigenvalue weighted by Gasteiger charge is -2.19. The van der Waals surface area contributed by atoms with Crippen LogP contribution in [0.3, 0.4) is 0 Å². The molecule has 24 heavy (non-hydrogen) atoms. The Kier molecular flexibility index (Phi) is 8.78. The van der Waals surface area contributed by atoms with Gasteiger partial charge in [0.05, 0.1) is 6.54 Å². The van der Waals surface area contributed by atoms with Crippen molar-refractivity contribution in [2.24, 2.45) is 4.99 Å². The number of nitrogens with one attached hydrogen (secondary N) is 2. The molecule has 1 heterocycles. The Morgan fingerprint density at radius 2 is 2.17 bits per heavy atom. The van der Waals surface area contributed by atoms with Crippen LogP contribution >= 0.6 is 39.9 Å². The molecule has 1 aliphatic heterocycles. The van der Waals surface area contributed by atoms with E-state index in [-0.39, 0.29) is 30.0 Å². The molecule has 0 radical (unpaired) electrons. The number of halogens is 5. The predicted octanol–water partition coefficient (Wildman–Crippen LogP) is 3.37. The molecule has 1 aromatic carbocycles. The van der Waals surface area contributed by atoms with Crippen LogP contribution in [0.5, 0.6) is 0 Å². The first-order valence-electron chi connectivity index (χ1n) is 7.36. The van der Waals surface area contributed by atoms with Gasteiger partial charge in [0, 0.05) is 37.2 Å². The van der Waals surface area contributed by atoms with Crippen LogP contribution in [0.4, 0.5) is 13.2 Å². The van der Waals surface area contributed by atoms with Gasteiger partial charge in [-0.3, -0.25) is 9.89 Å². The second-order valence-corrected chi connectivity index (χ2v) is 6.45. The largest absolute Gasteiger partial charge is 0.401 e. The summed E-state index contributed by atoms with van der Waals surface area (Å²) < 4.78 is 38.2. The second-order valence-electron chi connectivity index (χ2n) is 5.54. The predicted molar refractivity (Wildman–Crippen MR) is 104 cm³/mol. The van der Waals surface area contributed by atoms with Crippen molar-refractivity contribution >= 4 is 45.9 Å². The summed E-state index contributed by atoms with van der Waals surface area (Å²) in [6.07, 6.45) is -3.47. The third-order valence-electron chi connectivity index (χ3n) is 3.59. The van der Waals surface area contributed by atoms with E-state index in [1.165, 1.54) is 4.90 Å². The highest BCUT2D eigenvalue weighted by atomic mass is 127. The van der Waals surface area contributed by atoms with Crippen molar-refractivity contribution in [2.75, 3.05) is 26.7 Å². The average molecular weight is 521 g/mol. The van der Waals surface area contributed by atoms with E-state index in [2.05, 4.69) is 31.6 Å². The van der Waals surface area contributed by atoms with Crippen LogP contribution in [-0.4, -0.2) is 49.8 Å². The summed E-state index contributed by atoms with van der Waals surface area (Å²) in [7, 11) is 1.65. The average Bonchev–Trinajstić information content (AvgIpc) is 2.88. The van der Waals surface area contributed by atoms with Gasteiger partial charge in [0.25, 0.3) is 0 Å². The summed E-state index contributed by atoms with van der Waals surface area (Å²) >= 11 is 3.42. The van der Waals surface area contributed by atoms with Gasteiger partial charge >= 0.3 is 6.18 Å². The van der Waals surface area contributed by atoms with Crippen molar-refractivity contribution in [1.29, 1.82) is 0 Å². The first kappa shape index (κ1) is 21.5. The number of benzene rings is 1. The van der Waals surface area contributed by atoms with Gasteiger partial charge in [0.2, 0.25) is 0 Å². The zero-order valence-corrected chi connectivity index (χ0v) is 17.2. The number of rotatable bonds is 4. The zero-order chi connectivity index (χ0) is 16.9. The van der Waals surface area contributed by atoms with Gasteiger partial charge in [-0.1, -0.05) is 28.1 Å². The van der Waals surface area contributed by atoms with Crippen LogP contribution in [0, 0.1) is 0 Å². The minimum absolute atomic E-state index is 0. The van der Waals surface area contributed by atoms with Crippen LogP contribution in [0.25, 0.3) is 0 Å². The molecule has 1 unspecified atom stereocenters. The van der Waals surface area contributed by atoms with Gasteiger partial charge in [-0.25, -0.2) is 0 Å². The molecular weight excluding hydrogens is 500 g/mol. The summed E-state index contributed by atoms with van der Waals surface area (Å²) in [5, 5.41) is 6.36. The minimum Gasteiger partial charge on any atom is -0.352 e. The topological polar surface area (TPSA) is 39.7 Å². The third-order valence-corrected chi connectivity index (χ3v) is 4.08. The fourth-order valence-electron chi connectivity index (χ4n) is 2.57. The molecule has 136 valence electrons. The molecule has 0 saturated carbocycles. The Labute approximate surface area is 165 Å². The summed E-state index contributed by atoms with van der Waals surface area (Å²) in [5.41, 5.74) is 1.09. The molecule has 0 aliphatic carbocycles. The highest BCUT2D eigenvalue weighted by Gasteiger charge is 2.34. The Morgan fingerprint density at radius 3 is 2.79 bits per heavy atom. The number of alkyl halides is 3. The number of hydrogen-bond acceptors (Lipinski definition) is 2. The van der Waals surface area contributed by atoms with Crippen LogP contribution < -0.4 is 10.6 Å². The fourth-order valence-corrected chi connectivity index (χ4v) is 3.01. The zero-order valence-electron chi connectivity index (χ0n) is 13.2. The van der Waals surface area contributed by atoms with E-state index in [1.54, 1.807) is 7.05 Å². The van der Waals surface area contributed by atoms with E-state index in [4.69, 9.17) is 0 Å². The maximum absolute atomic E-state index is 12.4. The maximum Gasteiger partial charge on any atom is 0.401 e. The Balaban J connectivity index is 0.00000288. The van der Waals surface area contributed by atoms with Gasteiger partial charge in [-0.2, -0.15) is 13.2 Å². The van der Waals surface area contributed by atoms with Crippen molar-refractivity contribution < 1.29 is 13.2 Å². The van der Waals surface area contributed by atoms with E-state index in [1.807, 2.05) is 24.3 Å². The first-order chi connectivity index (χ1) is 10.9. The maximum atomic E-state index is 12.4. The Bertz CT molecular complexity index is 554. The quantitative estimate of drug-likeness (QED) is 0.363. The summed E-state index contributed by atoms with van der Waals surface area (Å²) in [5.74, 6) is 0.601. The van der Waals surface area contributed by atoms with Crippen LogP contribution in [0.15, 0.2) is 33.7 Å². The number of likely N-dealkylation sites (tertiary alicyclic amines) is 1. The van der Waals surface area contributed by atoms with Gasteiger partial charge in [0.15, 0.2) is 5.96 Å². The van der Waals surface area contributed by atoms with Crippen molar-refractivity contribution in [3.8, 4) is 0 Å². The summed E-state index contributed by atoms with van der Waals surface area (Å²) in [6, 6.07) is 7.87. The van der Waals surface area contributed by atoms with E-state index in [9.17, 15) is 13.2 Å². The van der Waals surface area contributed by atoms with E-state index < -0.39 is 12.7 Å². The van der Waals surface area contributed by atoms with Crippen LogP contribution in [-0.2, 0) is 6.54 Å². The molecule has 4 nitrogen and oxygen atoms in total. The number of hydrogen-bond donors (Lipinski definition) is 2. The molecular formula is C15H21BrF3IN4. The molecule has 0 spiro atoms. The lowest BCUT2D eigenvalue weighted by Crippen LogP contribution is -2.44. The van der Waals surface area contributed by atoms with Crippen LogP contribution in [0.1, 0.15) is 12.0 Å². The standard InChI is InChI=1S/C15H20BrF3N4.HI/c1-20-14(21-8-11-3-2-4-12(16)7-11)22-13-5-6-23(9-13)10-15(17,18)19;/h2-4,7,13H,5-6,8-10H2,1H3,(H2,20,21,22);1H. The SMILES string of the molecule is CN=C(NCc1cccc(Br)c1)NC1CCN(CC(F)(F)F)C1.I. The van der Waals surface area contributed by atoms with E-state index in [0.717, 1.165) is 10.0 Å². The van der Waals surface area contributed by atoms with Gasteiger partial charge in [-0.05, 0) is 24.1 Å². The first-order valence-corrected chi connectivity index (χ1v) is 8.16. The molecule has 2 rings (SSSR count). The molecule has 9 heteroatoms. The molecule has 1 fully saturated rings. The van der Waals surface area contributed by atoms with Gasteiger partial charge in [0.1, 0.15) is 0 Å². The number of guanidine groups is 1. The molecule has 0 bridgehead atoms. The minimum atomic E-state index is -4.14. The van der Waals surface area contributed by atoms with E-state index in [0.29, 0.717) is 32.0 Å². The molecule has 1 atom stereocenters. The molecule has 0 amide bonds. The lowest BCUT2D eigenvalue weighted by molar-refractivity contribution is -0.143. The Hall–Kier alpha value is -0.550. The Morgan fingerprint density at radius 1 is 1.42 bits per heavy atom. The van der Waals surface area contributed by atoms with Crippen molar-refractivity contribution in [3.05, 3.63) is 34.3 Å². The molecule has 2 N–H and O–H groups in total. The van der Waals surface area contributed by atoms with Crippen molar-refractivity contribution in [3.63, 3.8) is 0 Å². The monoisotopic (exact) mass is 520 g/mol. The lowest BCUT2D eigenvalue weighted by atomic mass is 10.2. The van der Waals surface area contributed by atoms with Gasteiger partial charge < -0.3 is 10.6 Å². The summed E-state index contributed by atoms with van der Waals surface area (Å²) in [4.78, 5) is 5.55. The molecule has 1 aromatic rings. The van der Waals surface area contributed by atoms with E-state index >= 15 is 0 Å². The number of aliphatic imine (C=N–C) groups is 1. The molecule has 0 aromatic heterocycles. The molecule has 1 saturated heterocycles.